The van der Waals surface area contributed by atoms with Crippen LogP contribution in [0.1, 0.15) is 67.3 Å². The number of nitrogens with zero attached hydrogens (tertiary/aromatic N) is 1. The fraction of sp³-hybridized carbons (Fsp3) is 0.682. The average molecular weight is 341 g/mol. The van der Waals surface area contributed by atoms with Gasteiger partial charge in [-0.3, -0.25) is 4.79 Å². The van der Waals surface area contributed by atoms with Crippen LogP contribution in [0.5, 0.6) is 5.75 Å². The second-order valence-electron chi connectivity index (χ2n) is 8.40. The zero-order chi connectivity index (χ0) is 17.3. The lowest BCUT2D eigenvalue weighted by molar-refractivity contribution is 0.0498. The fourth-order valence-electron chi connectivity index (χ4n) is 5.37. The first-order valence-electron chi connectivity index (χ1n) is 10.1. The van der Waals surface area contributed by atoms with Crippen molar-refractivity contribution in [2.75, 3.05) is 26.7 Å². The quantitative estimate of drug-likeness (QED) is 0.811. The molecule has 3 heteroatoms. The standard InChI is InChI=1S/C22H31NO2/c1-25-20-9-5-8-19-18(20)10-11-22(21(19)24)12-14-23(15-13-22)16-17-6-3-2-4-7-17/h5,8-9,17H,2-4,6-7,10-16H2,1H3. The second kappa shape index (κ2) is 7.11. The number of ether oxygens (including phenoxy) is 1. The molecule has 1 aromatic carbocycles. The average Bonchev–Trinajstić information content (AvgIpc) is 2.67. The molecule has 1 heterocycles. The molecule has 2 aliphatic carbocycles. The summed E-state index contributed by atoms with van der Waals surface area (Å²) in [4.78, 5) is 15.9. The van der Waals surface area contributed by atoms with Gasteiger partial charge in [0.1, 0.15) is 5.75 Å². The van der Waals surface area contributed by atoms with E-state index in [1.807, 2.05) is 18.2 Å². The molecule has 1 saturated carbocycles. The van der Waals surface area contributed by atoms with Crippen molar-refractivity contribution in [3.05, 3.63) is 29.3 Å². The van der Waals surface area contributed by atoms with Gasteiger partial charge in [-0.05, 0) is 63.6 Å². The Morgan fingerprint density at radius 2 is 1.88 bits per heavy atom. The van der Waals surface area contributed by atoms with E-state index in [4.69, 9.17) is 4.74 Å². The summed E-state index contributed by atoms with van der Waals surface area (Å²) in [5.41, 5.74) is 1.94. The number of ketones is 1. The summed E-state index contributed by atoms with van der Waals surface area (Å²) in [5.74, 6) is 2.16. The Morgan fingerprint density at radius 1 is 1.12 bits per heavy atom. The molecular formula is C22H31NO2. The lowest BCUT2D eigenvalue weighted by Gasteiger charge is -2.44. The number of methoxy groups -OCH3 is 1. The number of hydrogen-bond acceptors (Lipinski definition) is 3. The van der Waals surface area contributed by atoms with Crippen LogP contribution in [-0.4, -0.2) is 37.4 Å². The van der Waals surface area contributed by atoms with E-state index in [0.717, 1.165) is 61.6 Å². The van der Waals surface area contributed by atoms with Crippen LogP contribution in [0.3, 0.4) is 0 Å². The Kier molecular flexibility index (Phi) is 4.86. The van der Waals surface area contributed by atoms with Gasteiger partial charge in [0, 0.05) is 23.1 Å². The summed E-state index contributed by atoms with van der Waals surface area (Å²) in [6.07, 6.45) is 11.1. The first-order valence-corrected chi connectivity index (χ1v) is 10.1. The number of likely N-dealkylation sites (tertiary alicyclic amines) is 1. The van der Waals surface area contributed by atoms with Crippen molar-refractivity contribution in [1.82, 2.24) is 4.90 Å². The van der Waals surface area contributed by atoms with Crippen LogP contribution in [0, 0.1) is 11.3 Å². The number of piperidine rings is 1. The third-order valence-electron chi connectivity index (χ3n) is 6.99. The Bertz CT molecular complexity index is 625. The first-order chi connectivity index (χ1) is 12.2. The second-order valence-corrected chi connectivity index (χ2v) is 8.40. The number of benzene rings is 1. The Labute approximate surface area is 151 Å². The Balaban J connectivity index is 1.43. The third kappa shape index (κ3) is 3.23. The van der Waals surface area contributed by atoms with Gasteiger partial charge in [0.05, 0.1) is 7.11 Å². The maximum atomic E-state index is 13.3. The third-order valence-corrected chi connectivity index (χ3v) is 6.99. The van der Waals surface area contributed by atoms with Gasteiger partial charge < -0.3 is 9.64 Å². The topological polar surface area (TPSA) is 29.5 Å². The first kappa shape index (κ1) is 17.1. The van der Waals surface area contributed by atoms with Crippen LogP contribution in [-0.2, 0) is 6.42 Å². The highest BCUT2D eigenvalue weighted by molar-refractivity contribution is 6.03. The highest BCUT2D eigenvalue weighted by atomic mass is 16.5. The summed E-state index contributed by atoms with van der Waals surface area (Å²) in [5, 5.41) is 0. The molecule has 0 atom stereocenters. The van der Waals surface area contributed by atoms with E-state index in [9.17, 15) is 4.79 Å². The zero-order valence-electron chi connectivity index (χ0n) is 15.6. The molecule has 4 rings (SSSR count). The van der Waals surface area contributed by atoms with Crippen molar-refractivity contribution in [3.63, 3.8) is 0 Å². The van der Waals surface area contributed by atoms with E-state index >= 15 is 0 Å². The van der Waals surface area contributed by atoms with Gasteiger partial charge in [-0.25, -0.2) is 0 Å². The van der Waals surface area contributed by atoms with Gasteiger partial charge in [0.2, 0.25) is 0 Å². The molecular weight excluding hydrogens is 310 g/mol. The molecule has 1 aliphatic heterocycles. The predicted molar refractivity (Wildman–Crippen MR) is 100 cm³/mol. The lowest BCUT2D eigenvalue weighted by Crippen LogP contribution is -2.47. The molecule has 25 heavy (non-hydrogen) atoms. The smallest absolute Gasteiger partial charge is 0.169 e. The highest BCUT2D eigenvalue weighted by Crippen LogP contribution is 2.45. The SMILES string of the molecule is COc1cccc2c1CCC1(CCN(CC3CCCCC3)CC1)C2=O. The van der Waals surface area contributed by atoms with E-state index in [-0.39, 0.29) is 5.41 Å². The van der Waals surface area contributed by atoms with E-state index in [1.54, 1.807) is 7.11 Å². The summed E-state index contributed by atoms with van der Waals surface area (Å²) < 4.78 is 5.48. The van der Waals surface area contributed by atoms with Gasteiger partial charge in [0.15, 0.2) is 5.78 Å². The molecule has 0 bridgehead atoms. The van der Waals surface area contributed by atoms with Gasteiger partial charge in [-0.15, -0.1) is 0 Å². The summed E-state index contributed by atoms with van der Waals surface area (Å²) in [7, 11) is 1.70. The van der Waals surface area contributed by atoms with Crippen molar-refractivity contribution < 1.29 is 9.53 Å². The Morgan fingerprint density at radius 3 is 2.60 bits per heavy atom. The zero-order valence-corrected chi connectivity index (χ0v) is 15.6. The predicted octanol–water partition coefficient (Wildman–Crippen LogP) is 4.49. The van der Waals surface area contributed by atoms with E-state index in [0.29, 0.717) is 5.78 Å². The highest BCUT2D eigenvalue weighted by Gasteiger charge is 2.45. The van der Waals surface area contributed by atoms with Crippen molar-refractivity contribution in [3.8, 4) is 5.75 Å². The molecule has 3 aliphatic rings. The number of Topliss-reactive ketones (excluding diaryl/α,β-unsaturated/α-hetero) is 1. The van der Waals surface area contributed by atoms with Gasteiger partial charge in [0.25, 0.3) is 0 Å². The fourth-order valence-corrected chi connectivity index (χ4v) is 5.37. The number of carbonyl (C=O) groups is 1. The number of carbonyl (C=O) groups excluding carboxylic acids is 1. The van der Waals surface area contributed by atoms with Gasteiger partial charge in [-0.1, -0.05) is 31.4 Å². The largest absolute Gasteiger partial charge is 0.496 e. The number of hydrogen-bond donors (Lipinski definition) is 0. The molecule has 1 spiro atoms. The van der Waals surface area contributed by atoms with Crippen LogP contribution >= 0.6 is 0 Å². The monoisotopic (exact) mass is 341 g/mol. The van der Waals surface area contributed by atoms with E-state index < -0.39 is 0 Å². The van der Waals surface area contributed by atoms with Gasteiger partial charge in [-0.2, -0.15) is 0 Å². The van der Waals surface area contributed by atoms with E-state index in [2.05, 4.69) is 4.90 Å². The van der Waals surface area contributed by atoms with Crippen molar-refractivity contribution >= 4 is 5.78 Å². The summed E-state index contributed by atoms with van der Waals surface area (Å²) in [6, 6.07) is 5.96. The molecule has 0 unspecified atom stereocenters. The summed E-state index contributed by atoms with van der Waals surface area (Å²) >= 11 is 0. The van der Waals surface area contributed by atoms with Crippen molar-refractivity contribution in [1.29, 1.82) is 0 Å². The van der Waals surface area contributed by atoms with Crippen LogP contribution < -0.4 is 4.74 Å². The maximum Gasteiger partial charge on any atom is 0.169 e. The molecule has 136 valence electrons. The van der Waals surface area contributed by atoms with Gasteiger partial charge >= 0.3 is 0 Å². The Hall–Kier alpha value is -1.35. The molecule has 2 fully saturated rings. The van der Waals surface area contributed by atoms with Crippen LogP contribution in [0.4, 0.5) is 0 Å². The minimum absolute atomic E-state index is 0.109. The van der Waals surface area contributed by atoms with E-state index in [1.165, 1.54) is 38.6 Å². The van der Waals surface area contributed by atoms with Crippen LogP contribution in [0.25, 0.3) is 0 Å². The van der Waals surface area contributed by atoms with Crippen molar-refractivity contribution in [2.45, 2.75) is 57.8 Å². The molecule has 3 nitrogen and oxygen atoms in total. The van der Waals surface area contributed by atoms with Crippen LogP contribution in [0.15, 0.2) is 18.2 Å². The minimum Gasteiger partial charge on any atom is -0.496 e. The molecule has 0 radical (unpaired) electrons. The molecule has 1 aromatic rings. The molecule has 1 saturated heterocycles. The number of rotatable bonds is 3. The van der Waals surface area contributed by atoms with Crippen molar-refractivity contribution in [2.24, 2.45) is 11.3 Å². The maximum absolute atomic E-state index is 13.3. The molecule has 0 aromatic heterocycles. The number of fused-ring (bicyclic) bond motifs is 1. The van der Waals surface area contributed by atoms with Crippen LogP contribution in [0.2, 0.25) is 0 Å². The molecule has 0 N–H and O–H groups in total. The lowest BCUT2D eigenvalue weighted by atomic mass is 9.65. The normalized spacial score (nSPS) is 24.3. The minimum atomic E-state index is -0.109. The molecule has 0 amide bonds. The summed E-state index contributed by atoms with van der Waals surface area (Å²) in [6.45, 7) is 3.46.